The Hall–Kier alpha value is -4.85. The van der Waals surface area contributed by atoms with E-state index in [1.165, 1.54) is 0 Å². The fraction of sp³-hybridized carbons (Fsp3) is 0.219. The molecule has 0 radical (unpaired) electrons. The fourth-order valence-electron chi connectivity index (χ4n) is 4.83. The van der Waals surface area contributed by atoms with Gasteiger partial charge in [-0.15, -0.1) is 0 Å². The van der Waals surface area contributed by atoms with Gasteiger partial charge in [0.2, 0.25) is 0 Å². The predicted molar refractivity (Wildman–Crippen MR) is 152 cm³/mol. The highest BCUT2D eigenvalue weighted by molar-refractivity contribution is 5.78. The number of alkyl carbamates (subject to hydrolysis) is 1. The van der Waals surface area contributed by atoms with Crippen molar-refractivity contribution in [3.63, 3.8) is 0 Å². The van der Waals surface area contributed by atoms with Crippen LogP contribution >= 0.6 is 0 Å². The van der Waals surface area contributed by atoms with E-state index in [0.717, 1.165) is 40.7 Å². The van der Waals surface area contributed by atoms with Crippen molar-refractivity contribution in [2.45, 2.75) is 38.2 Å². The molecule has 8 heteroatoms. The van der Waals surface area contributed by atoms with Crippen molar-refractivity contribution in [1.82, 2.24) is 15.5 Å². The molecule has 1 heterocycles. The largest absolute Gasteiger partial charge is 0.494 e. The molecule has 1 amide bonds. The maximum absolute atomic E-state index is 12.7. The van der Waals surface area contributed by atoms with Crippen LogP contribution in [0.4, 0.5) is 4.79 Å². The second-order valence-corrected chi connectivity index (χ2v) is 9.95. The lowest BCUT2D eigenvalue weighted by molar-refractivity contribution is 0.109. The second kappa shape index (κ2) is 11.1. The van der Waals surface area contributed by atoms with Gasteiger partial charge in [-0.1, -0.05) is 90.6 Å². The monoisotopic (exact) mass is 537 g/mol. The first kappa shape index (κ1) is 26.7. The third-order valence-corrected chi connectivity index (χ3v) is 7.20. The molecule has 8 nitrogen and oxygen atoms in total. The summed E-state index contributed by atoms with van der Waals surface area (Å²) >= 11 is 0. The van der Waals surface area contributed by atoms with Crippen LogP contribution in [0.2, 0.25) is 0 Å². The molecule has 1 fully saturated rings. The number of methoxy groups -OCH3 is 1. The highest BCUT2D eigenvalue weighted by Crippen LogP contribution is 2.52. The maximum atomic E-state index is 12.7. The van der Waals surface area contributed by atoms with Gasteiger partial charge >= 0.3 is 11.8 Å². The summed E-state index contributed by atoms with van der Waals surface area (Å²) < 4.78 is 16.0. The number of hydrogen-bond acceptors (Lipinski definition) is 6. The smallest absolute Gasteiger partial charge is 0.438 e. The average Bonchev–Trinajstić information content (AvgIpc) is 3.67. The SMILES string of the molecule is C=C(C)/C(NC(=O)OC(C)c1ccccc1)=C(\OC)c1ccc(-c2ccc(C3(c4noc(=O)[nH]4)CC3)cc2)cc1. The van der Waals surface area contributed by atoms with Gasteiger partial charge in [0.05, 0.1) is 18.2 Å². The Morgan fingerprint density at radius 2 is 1.65 bits per heavy atom. The Kier molecular flexibility index (Phi) is 7.42. The summed E-state index contributed by atoms with van der Waals surface area (Å²) in [6.07, 6.45) is 0.807. The number of aromatic amines is 1. The van der Waals surface area contributed by atoms with E-state index in [1.807, 2.05) is 61.5 Å². The number of aromatic nitrogens is 2. The summed E-state index contributed by atoms with van der Waals surface area (Å²) in [6, 6.07) is 25.6. The molecule has 1 aliphatic carbocycles. The van der Waals surface area contributed by atoms with E-state index in [-0.39, 0.29) is 5.41 Å². The van der Waals surface area contributed by atoms with Gasteiger partial charge in [0, 0.05) is 5.56 Å². The minimum Gasteiger partial charge on any atom is -0.494 e. The van der Waals surface area contributed by atoms with Crippen LogP contribution < -0.4 is 11.1 Å². The summed E-state index contributed by atoms with van der Waals surface area (Å²) in [7, 11) is 1.56. The Bertz CT molecular complexity index is 1590. The quantitative estimate of drug-likeness (QED) is 0.187. The Morgan fingerprint density at radius 3 is 2.17 bits per heavy atom. The van der Waals surface area contributed by atoms with Crippen LogP contribution in [0.15, 0.2) is 106 Å². The third kappa shape index (κ3) is 5.47. The Morgan fingerprint density at radius 1 is 1.02 bits per heavy atom. The molecule has 1 unspecified atom stereocenters. The zero-order valence-corrected chi connectivity index (χ0v) is 22.7. The summed E-state index contributed by atoms with van der Waals surface area (Å²) in [5.41, 5.74) is 5.63. The molecule has 1 aromatic heterocycles. The number of benzene rings is 3. The zero-order valence-electron chi connectivity index (χ0n) is 22.7. The lowest BCUT2D eigenvalue weighted by Crippen LogP contribution is -2.26. The predicted octanol–water partition coefficient (Wildman–Crippen LogP) is 6.49. The van der Waals surface area contributed by atoms with E-state index in [1.54, 1.807) is 14.0 Å². The summed E-state index contributed by atoms with van der Waals surface area (Å²) in [5, 5.41) is 6.73. The number of ether oxygens (including phenoxy) is 2. The molecule has 1 atom stereocenters. The Balaban J connectivity index is 1.33. The van der Waals surface area contributed by atoms with E-state index < -0.39 is 18.0 Å². The molecule has 2 N–H and O–H groups in total. The first-order chi connectivity index (χ1) is 19.3. The molecule has 204 valence electrons. The molecule has 0 aliphatic heterocycles. The summed E-state index contributed by atoms with van der Waals surface area (Å²) in [4.78, 5) is 26.9. The molecule has 40 heavy (non-hydrogen) atoms. The first-order valence-electron chi connectivity index (χ1n) is 13.1. The molecule has 1 aliphatic rings. The molecule has 3 aromatic carbocycles. The van der Waals surface area contributed by atoms with Crippen LogP contribution in [0, 0.1) is 0 Å². The van der Waals surface area contributed by atoms with Gasteiger partial charge in [0.15, 0.2) is 5.82 Å². The summed E-state index contributed by atoms with van der Waals surface area (Å²) in [6.45, 7) is 7.64. The normalized spacial score (nSPS) is 15.0. The lowest BCUT2D eigenvalue weighted by Gasteiger charge is -2.18. The van der Waals surface area contributed by atoms with Crippen LogP contribution in [-0.2, 0) is 14.9 Å². The molecule has 0 saturated heterocycles. The second-order valence-electron chi connectivity index (χ2n) is 9.95. The molecule has 4 aromatic rings. The van der Waals surface area contributed by atoms with Crippen LogP contribution in [0.3, 0.4) is 0 Å². The molecule has 5 rings (SSSR count). The van der Waals surface area contributed by atoms with Crippen molar-refractivity contribution >= 4 is 11.9 Å². The van der Waals surface area contributed by atoms with Gasteiger partial charge < -0.3 is 9.47 Å². The number of nitrogens with one attached hydrogen (secondary N) is 2. The number of carbonyl (C=O) groups is 1. The Labute approximate surface area is 232 Å². The number of hydrogen-bond donors (Lipinski definition) is 2. The number of rotatable bonds is 9. The lowest BCUT2D eigenvalue weighted by atomic mass is 9.93. The van der Waals surface area contributed by atoms with Gasteiger partial charge in [0.1, 0.15) is 11.9 Å². The third-order valence-electron chi connectivity index (χ3n) is 7.20. The number of nitrogens with zero attached hydrogens (tertiary/aromatic N) is 1. The van der Waals surface area contributed by atoms with Crippen LogP contribution in [0.5, 0.6) is 0 Å². The van der Waals surface area contributed by atoms with Crippen molar-refractivity contribution in [2.75, 3.05) is 7.11 Å². The molecular formula is C32H31N3O5. The number of carbonyl (C=O) groups excluding carboxylic acids is 1. The van der Waals surface area contributed by atoms with Gasteiger partial charge in [0.25, 0.3) is 0 Å². The van der Waals surface area contributed by atoms with Crippen molar-refractivity contribution in [3.8, 4) is 11.1 Å². The van der Waals surface area contributed by atoms with Gasteiger partial charge in [-0.25, -0.2) is 9.59 Å². The highest BCUT2D eigenvalue weighted by Gasteiger charge is 2.49. The standard InChI is InChI=1S/C32H31N3O5/c1-20(2)27(33-30(36)39-21(3)22-8-6-5-7-9-22)28(38-4)25-12-10-23(11-13-25)24-14-16-26(17-15-24)32(18-19-32)29-34-31(37)40-35-29/h5-17,21H,1,18-19H2,2-4H3,(H,33,36)(H,34,35,37)/b28-27+. The fourth-order valence-corrected chi connectivity index (χ4v) is 4.83. The highest BCUT2D eigenvalue weighted by atomic mass is 16.6. The molecular weight excluding hydrogens is 506 g/mol. The van der Waals surface area contributed by atoms with Crippen LogP contribution in [0.25, 0.3) is 16.9 Å². The zero-order chi connectivity index (χ0) is 28.3. The van der Waals surface area contributed by atoms with Crippen LogP contribution in [0.1, 0.15) is 55.3 Å². The van der Waals surface area contributed by atoms with E-state index in [4.69, 9.17) is 14.0 Å². The molecule has 0 spiro atoms. The van der Waals surface area contributed by atoms with E-state index in [0.29, 0.717) is 22.9 Å². The minimum atomic E-state index is -0.594. The van der Waals surface area contributed by atoms with E-state index in [9.17, 15) is 9.59 Å². The number of allylic oxidation sites excluding steroid dienone is 1. The maximum Gasteiger partial charge on any atom is 0.438 e. The van der Waals surface area contributed by atoms with Crippen molar-refractivity contribution in [1.29, 1.82) is 0 Å². The topological polar surface area (TPSA) is 106 Å². The number of H-pyrrole nitrogens is 1. The van der Waals surface area contributed by atoms with Gasteiger partial charge in [-0.2, -0.15) is 0 Å². The minimum absolute atomic E-state index is 0.279. The summed E-state index contributed by atoms with van der Waals surface area (Å²) in [5.74, 6) is 0.524. The van der Waals surface area contributed by atoms with Crippen LogP contribution in [-0.4, -0.2) is 23.3 Å². The van der Waals surface area contributed by atoms with Gasteiger partial charge in [-0.3, -0.25) is 14.8 Å². The van der Waals surface area contributed by atoms with Gasteiger partial charge in [-0.05, 0) is 54.5 Å². The first-order valence-corrected chi connectivity index (χ1v) is 13.1. The average molecular weight is 538 g/mol. The van der Waals surface area contributed by atoms with E-state index in [2.05, 4.69) is 46.3 Å². The van der Waals surface area contributed by atoms with Crippen molar-refractivity contribution < 1.29 is 18.8 Å². The van der Waals surface area contributed by atoms with Crippen molar-refractivity contribution in [2.24, 2.45) is 0 Å². The van der Waals surface area contributed by atoms with E-state index >= 15 is 0 Å². The number of amides is 1. The van der Waals surface area contributed by atoms with Crippen molar-refractivity contribution in [3.05, 3.63) is 130 Å². The molecule has 0 bridgehead atoms. The molecule has 1 saturated carbocycles.